The van der Waals surface area contributed by atoms with Gasteiger partial charge in [0.2, 0.25) is 0 Å². The lowest BCUT2D eigenvalue weighted by Gasteiger charge is -2.05. The molecule has 3 rings (SSSR count). The van der Waals surface area contributed by atoms with Crippen LogP contribution in [0.1, 0.15) is 18.4 Å². The number of nitrogens with zero attached hydrogens (tertiary/aromatic N) is 2. The second-order valence-corrected chi connectivity index (χ2v) is 4.92. The van der Waals surface area contributed by atoms with Crippen LogP contribution in [0.3, 0.4) is 0 Å². The predicted octanol–water partition coefficient (Wildman–Crippen LogP) is 3.44. The Morgan fingerprint density at radius 3 is 3.00 bits per heavy atom. The number of hydrogen-bond acceptors (Lipinski definition) is 4. The lowest BCUT2D eigenvalue weighted by atomic mass is 10.3. The first-order valence-electron chi connectivity index (χ1n) is 6.45. The van der Waals surface area contributed by atoms with Crippen molar-refractivity contribution in [1.82, 2.24) is 14.7 Å². The van der Waals surface area contributed by atoms with E-state index in [-0.39, 0.29) is 0 Å². The van der Waals surface area contributed by atoms with Gasteiger partial charge in [0, 0.05) is 6.07 Å². The third kappa shape index (κ3) is 2.22. The molecule has 0 amide bonds. The zero-order valence-electron chi connectivity index (χ0n) is 11.3. The lowest BCUT2D eigenvalue weighted by molar-refractivity contribution is 0.343. The molecule has 3 aromatic rings. The lowest BCUT2D eigenvalue weighted by Crippen LogP contribution is -1.98. The summed E-state index contributed by atoms with van der Waals surface area (Å²) in [5, 5.41) is 3.90. The third-order valence-corrected chi connectivity index (χ3v) is 3.39. The van der Waals surface area contributed by atoms with E-state index in [1.54, 1.807) is 0 Å². The van der Waals surface area contributed by atoms with Crippen molar-refractivity contribution in [2.24, 2.45) is 0 Å². The summed E-state index contributed by atoms with van der Waals surface area (Å²) in [6, 6.07) is 7.80. The van der Waals surface area contributed by atoms with Crippen molar-refractivity contribution in [3.8, 4) is 5.75 Å². The van der Waals surface area contributed by atoms with E-state index in [1.165, 1.54) is 0 Å². The van der Waals surface area contributed by atoms with Crippen molar-refractivity contribution in [3.63, 3.8) is 0 Å². The van der Waals surface area contributed by atoms with E-state index in [1.807, 2.05) is 42.7 Å². The Labute approximate surface area is 121 Å². The highest BCUT2D eigenvalue weighted by atomic mass is 32.1. The molecule has 0 aliphatic heterocycles. The van der Waals surface area contributed by atoms with Crippen LogP contribution < -0.4 is 4.74 Å². The van der Waals surface area contributed by atoms with Gasteiger partial charge in [0.25, 0.3) is 0 Å². The molecule has 1 aromatic carbocycles. The summed E-state index contributed by atoms with van der Waals surface area (Å²) in [4.78, 5) is 3.20. The average Bonchev–Trinajstić information content (AvgIpc) is 2.97. The molecule has 104 valence electrons. The first kappa shape index (κ1) is 12.9. The highest BCUT2D eigenvalue weighted by Crippen LogP contribution is 2.25. The van der Waals surface area contributed by atoms with Crippen LogP contribution in [0.15, 0.2) is 28.8 Å². The van der Waals surface area contributed by atoms with Gasteiger partial charge in [-0.05, 0) is 38.2 Å². The normalized spacial score (nSPS) is 11.1. The minimum absolute atomic E-state index is 0.551. The van der Waals surface area contributed by atoms with Crippen molar-refractivity contribution in [2.45, 2.75) is 20.4 Å². The van der Waals surface area contributed by atoms with Crippen molar-refractivity contribution in [1.29, 1.82) is 0 Å². The number of aromatic nitrogens is 3. The molecule has 0 saturated carbocycles. The van der Waals surface area contributed by atoms with Gasteiger partial charge < -0.3 is 18.8 Å². The maximum Gasteiger partial charge on any atom is 0.178 e. The van der Waals surface area contributed by atoms with Crippen LogP contribution in [0.5, 0.6) is 5.75 Å². The molecule has 0 aliphatic carbocycles. The number of nitrogens with one attached hydrogen (secondary N) is 1. The van der Waals surface area contributed by atoms with Crippen LogP contribution in [0, 0.1) is 11.7 Å². The fourth-order valence-electron chi connectivity index (χ4n) is 2.23. The maximum absolute atomic E-state index is 5.62. The fraction of sp³-hybridized carbons (Fsp3) is 0.286. The largest absolute Gasteiger partial charge is 0.492 e. The summed E-state index contributed by atoms with van der Waals surface area (Å²) >= 11 is 5.39. The summed E-state index contributed by atoms with van der Waals surface area (Å²) in [6.07, 6.45) is 0. The Bertz CT molecular complexity index is 800. The number of fused-ring (bicyclic) bond motifs is 1. The molecule has 0 aliphatic rings. The number of ether oxygens (including phenoxy) is 1. The number of imidazole rings is 1. The summed E-state index contributed by atoms with van der Waals surface area (Å²) < 4.78 is 13.5. The molecule has 0 bridgehead atoms. The van der Waals surface area contributed by atoms with Gasteiger partial charge >= 0.3 is 0 Å². The molecular weight excluding hydrogens is 274 g/mol. The van der Waals surface area contributed by atoms with E-state index in [2.05, 4.69) is 10.1 Å². The van der Waals surface area contributed by atoms with Crippen molar-refractivity contribution >= 4 is 23.3 Å². The van der Waals surface area contributed by atoms with Gasteiger partial charge in [0.15, 0.2) is 10.5 Å². The number of aromatic amines is 1. The first-order valence-corrected chi connectivity index (χ1v) is 6.86. The molecular formula is C14H15N3O2S. The van der Waals surface area contributed by atoms with Gasteiger partial charge in [-0.25, -0.2) is 0 Å². The highest BCUT2D eigenvalue weighted by molar-refractivity contribution is 7.71. The van der Waals surface area contributed by atoms with E-state index >= 15 is 0 Å². The Hall–Kier alpha value is -2.08. The van der Waals surface area contributed by atoms with Crippen molar-refractivity contribution < 1.29 is 9.26 Å². The zero-order valence-corrected chi connectivity index (χ0v) is 12.2. The van der Waals surface area contributed by atoms with Crippen LogP contribution in [-0.4, -0.2) is 21.3 Å². The number of benzene rings is 1. The summed E-state index contributed by atoms with van der Waals surface area (Å²) in [5.41, 5.74) is 2.77. The Morgan fingerprint density at radius 2 is 2.30 bits per heavy atom. The van der Waals surface area contributed by atoms with E-state index in [0.29, 0.717) is 17.9 Å². The van der Waals surface area contributed by atoms with E-state index in [0.717, 1.165) is 28.2 Å². The molecule has 2 heterocycles. The van der Waals surface area contributed by atoms with Crippen LogP contribution >= 0.6 is 12.2 Å². The molecule has 0 radical (unpaired) electrons. The molecule has 0 spiro atoms. The van der Waals surface area contributed by atoms with Crippen LogP contribution in [0.25, 0.3) is 11.0 Å². The van der Waals surface area contributed by atoms with Gasteiger partial charge in [0.05, 0.1) is 24.4 Å². The third-order valence-electron chi connectivity index (χ3n) is 3.06. The topological polar surface area (TPSA) is 56.0 Å². The van der Waals surface area contributed by atoms with E-state index in [9.17, 15) is 0 Å². The maximum atomic E-state index is 5.62. The summed E-state index contributed by atoms with van der Waals surface area (Å²) in [6.45, 7) is 5.03. The molecule has 0 saturated heterocycles. The Kier molecular flexibility index (Phi) is 3.31. The van der Waals surface area contributed by atoms with Crippen LogP contribution in [0.2, 0.25) is 0 Å². The van der Waals surface area contributed by atoms with Gasteiger partial charge in [-0.2, -0.15) is 0 Å². The van der Waals surface area contributed by atoms with E-state index < -0.39 is 0 Å². The highest BCUT2D eigenvalue weighted by Gasteiger charge is 2.11. The van der Waals surface area contributed by atoms with Crippen LogP contribution in [0.4, 0.5) is 0 Å². The van der Waals surface area contributed by atoms with Crippen LogP contribution in [-0.2, 0) is 6.54 Å². The minimum atomic E-state index is 0.551. The molecule has 0 atom stereocenters. The second kappa shape index (κ2) is 5.13. The van der Waals surface area contributed by atoms with Gasteiger partial charge in [-0.3, -0.25) is 0 Å². The van der Waals surface area contributed by atoms with Crippen molar-refractivity contribution in [3.05, 3.63) is 40.5 Å². The van der Waals surface area contributed by atoms with E-state index in [4.69, 9.17) is 21.5 Å². The average molecular weight is 289 g/mol. The van der Waals surface area contributed by atoms with Crippen molar-refractivity contribution in [2.75, 3.05) is 6.61 Å². The molecule has 0 unspecified atom stereocenters. The monoisotopic (exact) mass is 289 g/mol. The second-order valence-electron chi connectivity index (χ2n) is 4.53. The molecule has 0 fully saturated rings. The predicted molar refractivity (Wildman–Crippen MR) is 78.6 cm³/mol. The molecule has 1 N–H and O–H groups in total. The number of aryl methyl sites for hydroxylation is 1. The summed E-state index contributed by atoms with van der Waals surface area (Å²) in [7, 11) is 0. The number of hydrogen-bond donors (Lipinski definition) is 1. The molecule has 20 heavy (non-hydrogen) atoms. The number of rotatable bonds is 4. The summed E-state index contributed by atoms with van der Waals surface area (Å²) in [5.74, 6) is 1.59. The fourth-order valence-corrected chi connectivity index (χ4v) is 2.50. The van der Waals surface area contributed by atoms with Gasteiger partial charge in [-0.1, -0.05) is 11.2 Å². The molecule has 5 nitrogen and oxygen atoms in total. The Balaban J connectivity index is 2.09. The first-order chi connectivity index (χ1) is 9.69. The molecule has 2 aromatic heterocycles. The minimum Gasteiger partial charge on any atom is -0.492 e. The number of H-pyrrole nitrogens is 1. The zero-order chi connectivity index (χ0) is 14.1. The van der Waals surface area contributed by atoms with Gasteiger partial charge in [0.1, 0.15) is 11.3 Å². The quantitative estimate of drug-likeness (QED) is 0.747. The SMILES string of the molecule is CCOc1cccc2c1[nH]c(=S)n2Cc1cc(C)no1. The smallest absolute Gasteiger partial charge is 0.178 e. The Morgan fingerprint density at radius 1 is 1.45 bits per heavy atom. The van der Waals surface area contributed by atoms with Gasteiger partial charge in [-0.15, -0.1) is 0 Å². The molecule has 6 heteroatoms. The number of para-hydroxylation sites is 1. The standard InChI is InChI=1S/C14H15N3O2S/c1-3-18-12-6-4-5-11-13(12)15-14(20)17(11)8-10-7-9(2)16-19-10/h4-7H,3,8H2,1-2H3,(H,15,20).